The second kappa shape index (κ2) is 8.23. The molecule has 0 radical (unpaired) electrons. The number of piperazine rings is 1. The van der Waals surface area contributed by atoms with Crippen molar-refractivity contribution in [2.75, 3.05) is 40.4 Å². The first-order chi connectivity index (χ1) is 13.7. The molecular weight excluding hydrogens is 352 g/mol. The van der Waals surface area contributed by atoms with E-state index in [0.717, 1.165) is 68.2 Å². The van der Waals surface area contributed by atoms with Gasteiger partial charge in [-0.1, -0.05) is 6.07 Å². The number of carbonyl (C=O) groups is 1. The topological polar surface area (TPSA) is 42.0 Å². The molecule has 0 atom stereocenters. The highest BCUT2D eigenvalue weighted by Gasteiger charge is 2.24. The summed E-state index contributed by atoms with van der Waals surface area (Å²) in [5.74, 6) is 1.87. The van der Waals surface area contributed by atoms with E-state index in [0.29, 0.717) is 0 Å². The van der Waals surface area contributed by atoms with Crippen molar-refractivity contribution in [3.63, 3.8) is 0 Å². The van der Waals surface area contributed by atoms with Gasteiger partial charge in [0.25, 0.3) is 5.91 Å². The molecule has 1 aliphatic carbocycles. The van der Waals surface area contributed by atoms with Crippen LogP contribution in [0.2, 0.25) is 0 Å². The molecule has 4 rings (SSSR count). The third-order valence-electron chi connectivity index (χ3n) is 5.89. The monoisotopic (exact) mass is 380 g/mol. The van der Waals surface area contributed by atoms with E-state index in [-0.39, 0.29) is 5.91 Å². The molecule has 0 N–H and O–H groups in total. The van der Waals surface area contributed by atoms with E-state index in [1.165, 1.54) is 17.5 Å². The Morgan fingerprint density at radius 2 is 1.71 bits per heavy atom. The van der Waals surface area contributed by atoms with E-state index in [1.54, 1.807) is 14.2 Å². The lowest BCUT2D eigenvalue weighted by Crippen LogP contribution is -2.48. The Balaban J connectivity index is 1.38. The van der Waals surface area contributed by atoms with Gasteiger partial charge in [0.05, 0.1) is 14.2 Å². The Labute approximate surface area is 166 Å². The molecule has 2 aliphatic rings. The minimum Gasteiger partial charge on any atom is -0.497 e. The van der Waals surface area contributed by atoms with E-state index in [2.05, 4.69) is 17.0 Å². The maximum Gasteiger partial charge on any atom is 0.253 e. The Morgan fingerprint density at radius 3 is 2.46 bits per heavy atom. The zero-order valence-electron chi connectivity index (χ0n) is 16.7. The number of methoxy groups -OCH3 is 2. The zero-order chi connectivity index (χ0) is 19.5. The maximum absolute atomic E-state index is 12.9. The molecule has 0 saturated carbocycles. The first kappa shape index (κ1) is 18.8. The van der Waals surface area contributed by atoms with E-state index in [1.807, 2.05) is 29.2 Å². The van der Waals surface area contributed by atoms with Crippen LogP contribution in [0.4, 0.5) is 0 Å². The largest absolute Gasteiger partial charge is 0.497 e. The van der Waals surface area contributed by atoms with Gasteiger partial charge < -0.3 is 14.4 Å². The van der Waals surface area contributed by atoms with Gasteiger partial charge in [0, 0.05) is 43.9 Å². The van der Waals surface area contributed by atoms with Crippen LogP contribution in [-0.2, 0) is 19.4 Å². The van der Waals surface area contributed by atoms with Gasteiger partial charge >= 0.3 is 0 Å². The Bertz CT molecular complexity index is 857. The van der Waals surface area contributed by atoms with Gasteiger partial charge in [0.15, 0.2) is 0 Å². The van der Waals surface area contributed by atoms with Crippen LogP contribution in [0, 0.1) is 0 Å². The van der Waals surface area contributed by atoms with Crippen molar-refractivity contribution in [1.82, 2.24) is 9.80 Å². The lowest BCUT2D eigenvalue weighted by atomic mass is 10.1. The molecule has 1 aliphatic heterocycles. The molecule has 1 saturated heterocycles. The van der Waals surface area contributed by atoms with Crippen LogP contribution in [0.1, 0.15) is 33.5 Å². The molecule has 1 fully saturated rings. The number of fused-ring (bicyclic) bond motifs is 1. The van der Waals surface area contributed by atoms with Crippen molar-refractivity contribution < 1.29 is 14.3 Å². The van der Waals surface area contributed by atoms with Crippen LogP contribution >= 0.6 is 0 Å². The number of benzene rings is 2. The fourth-order valence-corrected chi connectivity index (χ4v) is 4.24. The van der Waals surface area contributed by atoms with Gasteiger partial charge in [-0.05, 0) is 60.7 Å². The number of amides is 1. The van der Waals surface area contributed by atoms with Crippen LogP contribution < -0.4 is 9.47 Å². The minimum absolute atomic E-state index is 0.160. The molecular formula is C23H28N2O3. The standard InChI is InChI=1S/C23H28N2O3/c1-27-21-8-9-22(28-2)20(15-21)16-24-10-12-25(13-11-24)23(26)19-7-6-17-4-3-5-18(17)14-19/h6-9,14-15H,3-5,10-13,16H2,1-2H3. The van der Waals surface area contributed by atoms with Gasteiger partial charge in [-0.3, -0.25) is 9.69 Å². The number of ether oxygens (including phenoxy) is 2. The molecule has 2 aromatic carbocycles. The molecule has 1 heterocycles. The molecule has 0 aromatic heterocycles. The first-order valence-electron chi connectivity index (χ1n) is 10.0. The zero-order valence-corrected chi connectivity index (χ0v) is 16.7. The molecule has 0 spiro atoms. The average molecular weight is 380 g/mol. The highest BCUT2D eigenvalue weighted by atomic mass is 16.5. The SMILES string of the molecule is COc1ccc(OC)c(CN2CCN(C(=O)c3ccc4c(c3)CCC4)CC2)c1. The minimum atomic E-state index is 0.160. The second-order valence-corrected chi connectivity index (χ2v) is 7.58. The van der Waals surface area contributed by atoms with Gasteiger partial charge in [-0.15, -0.1) is 0 Å². The number of rotatable bonds is 5. The van der Waals surface area contributed by atoms with Crippen molar-refractivity contribution in [3.8, 4) is 11.5 Å². The summed E-state index contributed by atoms with van der Waals surface area (Å²) in [5.41, 5.74) is 4.71. The Hall–Kier alpha value is -2.53. The number of carbonyl (C=O) groups excluding carboxylic acids is 1. The molecule has 5 heteroatoms. The molecule has 148 valence electrons. The Morgan fingerprint density at radius 1 is 0.929 bits per heavy atom. The number of hydrogen-bond acceptors (Lipinski definition) is 4. The summed E-state index contributed by atoms with van der Waals surface area (Å²) >= 11 is 0. The van der Waals surface area contributed by atoms with E-state index in [4.69, 9.17) is 9.47 Å². The summed E-state index contributed by atoms with van der Waals surface area (Å²) in [6, 6.07) is 12.1. The summed E-state index contributed by atoms with van der Waals surface area (Å²) in [6.07, 6.45) is 3.46. The second-order valence-electron chi connectivity index (χ2n) is 7.58. The predicted octanol–water partition coefficient (Wildman–Crippen LogP) is 3.15. The molecule has 1 amide bonds. The van der Waals surface area contributed by atoms with Crippen LogP contribution in [0.5, 0.6) is 11.5 Å². The van der Waals surface area contributed by atoms with Crippen molar-refractivity contribution >= 4 is 5.91 Å². The molecule has 5 nitrogen and oxygen atoms in total. The third-order valence-corrected chi connectivity index (χ3v) is 5.89. The third kappa shape index (κ3) is 3.85. The van der Waals surface area contributed by atoms with Crippen molar-refractivity contribution in [1.29, 1.82) is 0 Å². The first-order valence-corrected chi connectivity index (χ1v) is 10.0. The van der Waals surface area contributed by atoms with Crippen LogP contribution in [0.25, 0.3) is 0 Å². The van der Waals surface area contributed by atoms with Crippen LogP contribution in [-0.4, -0.2) is 56.1 Å². The van der Waals surface area contributed by atoms with Crippen molar-refractivity contribution in [2.45, 2.75) is 25.8 Å². The highest BCUT2D eigenvalue weighted by molar-refractivity contribution is 5.94. The quantitative estimate of drug-likeness (QED) is 0.799. The summed E-state index contributed by atoms with van der Waals surface area (Å²) in [4.78, 5) is 17.3. The lowest BCUT2D eigenvalue weighted by molar-refractivity contribution is 0.0627. The summed E-state index contributed by atoms with van der Waals surface area (Å²) in [7, 11) is 3.37. The highest BCUT2D eigenvalue weighted by Crippen LogP contribution is 2.26. The Kier molecular flexibility index (Phi) is 5.53. The van der Waals surface area contributed by atoms with Crippen molar-refractivity contribution in [2.24, 2.45) is 0 Å². The predicted molar refractivity (Wildman–Crippen MR) is 109 cm³/mol. The van der Waals surface area contributed by atoms with Crippen LogP contribution in [0.15, 0.2) is 36.4 Å². The average Bonchev–Trinajstić information content (AvgIpc) is 3.21. The van der Waals surface area contributed by atoms with E-state index < -0.39 is 0 Å². The lowest BCUT2D eigenvalue weighted by Gasteiger charge is -2.35. The van der Waals surface area contributed by atoms with Gasteiger partial charge in [0.2, 0.25) is 0 Å². The summed E-state index contributed by atoms with van der Waals surface area (Å²) < 4.78 is 10.8. The normalized spacial score (nSPS) is 16.7. The fourth-order valence-electron chi connectivity index (χ4n) is 4.24. The number of aryl methyl sites for hydroxylation is 2. The molecule has 2 aromatic rings. The van der Waals surface area contributed by atoms with Crippen LogP contribution in [0.3, 0.4) is 0 Å². The summed E-state index contributed by atoms with van der Waals surface area (Å²) in [6.45, 7) is 4.01. The van der Waals surface area contributed by atoms with Gasteiger partial charge in [-0.2, -0.15) is 0 Å². The van der Waals surface area contributed by atoms with E-state index in [9.17, 15) is 4.79 Å². The summed E-state index contributed by atoms with van der Waals surface area (Å²) in [5, 5.41) is 0. The number of nitrogens with zero attached hydrogens (tertiary/aromatic N) is 2. The molecule has 28 heavy (non-hydrogen) atoms. The smallest absolute Gasteiger partial charge is 0.253 e. The number of hydrogen-bond donors (Lipinski definition) is 0. The van der Waals surface area contributed by atoms with Crippen molar-refractivity contribution in [3.05, 3.63) is 58.7 Å². The van der Waals surface area contributed by atoms with Gasteiger partial charge in [0.1, 0.15) is 11.5 Å². The maximum atomic E-state index is 12.9. The molecule has 0 bridgehead atoms. The molecule has 0 unspecified atom stereocenters. The fraction of sp³-hybridized carbons (Fsp3) is 0.435. The van der Waals surface area contributed by atoms with Gasteiger partial charge in [-0.25, -0.2) is 0 Å². The van der Waals surface area contributed by atoms with E-state index >= 15 is 0 Å².